The van der Waals surface area contributed by atoms with Crippen molar-refractivity contribution in [3.05, 3.63) is 0 Å². The third-order valence-electron chi connectivity index (χ3n) is 4.67. The molecular weight excluding hydrogens is 210 g/mol. The Morgan fingerprint density at radius 1 is 1.18 bits per heavy atom. The van der Waals surface area contributed by atoms with E-state index in [4.69, 9.17) is 0 Å². The molecule has 0 radical (unpaired) electrons. The molecule has 3 atom stereocenters. The maximum absolute atomic E-state index is 3.65. The van der Waals surface area contributed by atoms with Crippen molar-refractivity contribution in [2.75, 3.05) is 26.7 Å². The van der Waals surface area contributed by atoms with Crippen LogP contribution < -0.4 is 5.32 Å². The topological polar surface area (TPSA) is 18.5 Å². The summed E-state index contributed by atoms with van der Waals surface area (Å²) in [5.41, 5.74) is 0.277. The fourth-order valence-electron chi connectivity index (χ4n) is 3.26. The Bertz CT molecular complexity index is 264. The van der Waals surface area contributed by atoms with Crippen LogP contribution >= 0.6 is 0 Å². The molecule has 0 amide bonds. The highest BCUT2D eigenvalue weighted by Gasteiger charge is 2.36. The molecule has 2 fully saturated rings. The molecule has 2 rings (SSSR count). The van der Waals surface area contributed by atoms with Crippen LogP contribution in [0.5, 0.6) is 0 Å². The first-order valence-corrected chi connectivity index (χ1v) is 7.10. The van der Waals surface area contributed by atoms with E-state index in [9.17, 15) is 0 Å². The lowest BCUT2D eigenvalue weighted by Crippen LogP contribution is -2.64. The van der Waals surface area contributed by atoms with Crippen molar-refractivity contribution in [2.45, 2.75) is 64.2 Å². The van der Waals surface area contributed by atoms with Crippen LogP contribution in [0.4, 0.5) is 0 Å². The maximum atomic E-state index is 3.65. The predicted molar refractivity (Wildman–Crippen MR) is 73.4 cm³/mol. The van der Waals surface area contributed by atoms with Crippen LogP contribution in [0.3, 0.4) is 0 Å². The van der Waals surface area contributed by atoms with Crippen molar-refractivity contribution >= 4 is 0 Å². The van der Waals surface area contributed by atoms with Crippen LogP contribution in [-0.2, 0) is 0 Å². The molecule has 2 aliphatic rings. The van der Waals surface area contributed by atoms with Gasteiger partial charge in [-0.15, -0.1) is 0 Å². The number of likely N-dealkylation sites (tertiary alicyclic amines) is 1. The van der Waals surface area contributed by atoms with Crippen LogP contribution in [0.2, 0.25) is 0 Å². The molecule has 3 unspecified atom stereocenters. The van der Waals surface area contributed by atoms with Crippen molar-refractivity contribution in [3.8, 4) is 0 Å². The van der Waals surface area contributed by atoms with Gasteiger partial charge in [0.05, 0.1) is 0 Å². The molecule has 0 bridgehead atoms. The zero-order valence-electron chi connectivity index (χ0n) is 12.2. The second-order valence-corrected chi connectivity index (χ2v) is 6.79. The normalized spacial score (nSPS) is 40.4. The Balaban J connectivity index is 2.00. The molecule has 100 valence electrons. The second kappa shape index (κ2) is 4.87. The van der Waals surface area contributed by atoms with E-state index in [1.807, 2.05) is 0 Å². The van der Waals surface area contributed by atoms with Crippen molar-refractivity contribution in [1.82, 2.24) is 15.1 Å². The Morgan fingerprint density at radius 2 is 1.88 bits per heavy atom. The number of nitrogens with one attached hydrogen (secondary N) is 1. The third-order valence-corrected chi connectivity index (χ3v) is 4.67. The lowest BCUT2D eigenvalue weighted by molar-refractivity contribution is 0.0198. The molecule has 0 aromatic carbocycles. The Kier molecular flexibility index (Phi) is 3.81. The average Bonchev–Trinajstić information content (AvgIpc) is 2.26. The molecule has 0 aliphatic carbocycles. The number of rotatable bonds is 1. The van der Waals surface area contributed by atoms with Crippen LogP contribution in [-0.4, -0.2) is 60.1 Å². The van der Waals surface area contributed by atoms with E-state index in [1.165, 1.54) is 25.9 Å². The molecule has 17 heavy (non-hydrogen) atoms. The summed E-state index contributed by atoms with van der Waals surface area (Å²) in [4.78, 5) is 5.24. The first-order chi connectivity index (χ1) is 7.89. The maximum Gasteiger partial charge on any atom is 0.0253 e. The Hall–Kier alpha value is -0.120. The molecule has 0 aromatic heterocycles. The van der Waals surface area contributed by atoms with Gasteiger partial charge in [0.2, 0.25) is 0 Å². The highest BCUT2D eigenvalue weighted by atomic mass is 15.3. The summed E-state index contributed by atoms with van der Waals surface area (Å²) < 4.78 is 0. The summed E-state index contributed by atoms with van der Waals surface area (Å²) in [5.74, 6) is 0. The van der Waals surface area contributed by atoms with E-state index in [0.717, 1.165) is 18.6 Å². The first kappa shape index (κ1) is 13.3. The van der Waals surface area contributed by atoms with Gasteiger partial charge in [0.1, 0.15) is 0 Å². The van der Waals surface area contributed by atoms with E-state index < -0.39 is 0 Å². The van der Waals surface area contributed by atoms with Crippen LogP contribution in [0.1, 0.15) is 40.5 Å². The number of nitrogens with zero attached hydrogens (tertiary/aromatic N) is 2. The molecule has 1 N–H and O–H groups in total. The quantitative estimate of drug-likeness (QED) is 0.749. The zero-order chi connectivity index (χ0) is 12.6. The summed E-state index contributed by atoms with van der Waals surface area (Å²) in [7, 11) is 2.26. The van der Waals surface area contributed by atoms with Crippen LogP contribution in [0.25, 0.3) is 0 Å². The summed E-state index contributed by atoms with van der Waals surface area (Å²) in [5, 5.41) is 3.65. The van der Waals surface area contributed by atoms with Gasteiger partial charge in [-0.1, -0.05) is 0 Å². The number of piperidine rings is 1. The number of hydrogen-bond donors (Lipinski definition) is 1. The number of piperazine rings is 1. The Labute approximate surface area is 107 Å². The molecular formula is C14H29N3. The summed E-state index contributed by atoms with van der Waals surface area (Å²) in [6.45, 7) is 13.0. The van der Waals surface area contributed by atoms with Crippen molar-refractivity contribution < 1.29 is 0 Å². The molecule has 2 heterocycles. The van der Waals surface area contributed by atoms with E-state index in [1.54, 1.807) is 0 Å². The van der Waals surface area contributed by atoms with Crippen LogP contribution in [0.15, 0.2) is 0 Å². The summed E-state index contributed by atoms with van der Waals surface area (Å²) in [6.07, 6.45) is 2.66. The van der Waals surface area contributed by atoms with Gasteiger partial charge >= 0.3 is 0 Å². The van der Waals surface area contributed by atoms with Gasteiger partial charge in [-0.05, 0) is 54.1 Å². The van der Waals surface area contributed by atoms with Gasteiger partial charge in [-0.2, -0.15) is 0 Å². The van der Waals surface area contributed by atoms with Gasteiger partial charge < -0.3 is 10.2 Å². The van der Waals surface area contributed by atoms with Crippen molar-refractivity contribution in [2.24, 2.45) is 0 Å². The fraction of sp³-hybridized carbons (Fsp3) is 1.00. The van der Waals surface area contributed by atoms with Gasteiger partial charge in [0.15, 0.2) is 0 Å². The van der Waals surface area contributed by atoms with E-state index in [0.29, 0.717) is 6.04 Å². The summed E-state index contributed by atoms with van der Waals surface area (Å²) in [6, 6.07) is 2.21. The van der Waals surface area contributed by atoms with Gasteiger partial charge in [-0.25, -0.2) is 0 Å². The highest BCUT2D eigenvalue weighted by Crippen LogP contribution is 2.26. The van der Waals surface area contributed by atoms with E-state index in [2.05, 4.69) is 49.9 Å². The third kappa shape index (κ3) is 3.01. The first-order valence-electron chi connectivity index (χ1n) is 7.10. The van der Waals surface area contributed by atoms with Crippen LogP contribution in [0, 0.1) is 0 Å². The minimum atomic E-state index is 0.277. The van der Waals surface area contributed by atoms with E-state index >= 15 is 0 Å². The van der Waals surface area contributed by atoms with Gasteiger partial charge in [-0.3, -0.25) is 4.90 Å². The zero-order valence-corrected chi connectivity index (χ0v) is 12.2. The largest absolute Gasteiger partial charge is 0.309 e. The molecule has 0 saturated carbocycles. The van der Waals surface area contributed by atoms with E-state index in [-0.39, 0.29) is 5.54 Å². The second-order valence-electron chi connectivity index (χ2n) is 6.79. The molecule has 2 saturated heterocycles. The minimum absolute atomic E-state index is 0.277. The number of hydrogen-bond acceptors (Lipinski definition) is 3. The monoisotopic (exact) mass is 239 g/mol. The lowest BCUT2D eigenvalue weighted by Gasteiger charge is -2.50. The SMILES string of the molecule is CC1CC(N2CC(C)(C)NCC2C)CCN1C. The molecule has 3 nitrogen and oxygen atoms in total. The standard InChI is InChI=1S/C14H29N3/c1-11-8-13(6-7-16(11)5)17-10-14(3,4)15-9-12(17)2/h11-13,15H,6-10H2,1-5H3. The Morgan fingerprint density at radius 3 is 2.53 bits per heavy atom. The lowest BCUT2D eigenvalue weighted by atomic mass is 9.91. The smallest absolute Gasteiger partial charge is 0.0253 e. The molecule has 3 heteroatoms. The van der Waals surface area contributed by atoms with Gasteiger partial charge in [0, 0.05) is 36.8 Å². The highest BCUT2D eigenvalue weighted by molar-refractivity contribution is 4.95. The van der Waals surface area contributed by atoms with Crippen molar-refractivity contribution in [1.29, 1.82) is 0 Å². The predicted octanol–water partition coefficient (Wildman–Crippen LogP) is 1.54. The molecule has 0 aromatic rings. The fourth-order valence-corrected chi connectivity index (χ4v) is 3.26. The summed E-state index contributed by atoms with van der Waals surface area (Å²) >= 11 is 0. The minimum Gasteiger partial charge on any atom is -0.309 e. The van der Waals surface area contributed by atoms with Gasteiger partial charge in [0.25, 0.3) is 0 Å². The average molecular weight is 239 g/mol. The molecule has 2 aliphatic heterocycles. The molecule has 0 spiro atoms. The van der Waals surface area contributed by atoms with Crippen molar-refractivity contribution in [3.63, 3.8) is 0 Å².